The van der Waals surface area contributed by atoms with Crippen molar-refractivity contribution in [1.29, 1.82) is 0 Å². The zero-order valence-corrected chi connectivity index (χ0v) is 11.0. The van der Waals surface area contributed by atoms with Crippen molar-refractivity contribution in [2.24, 2.45) is 5.73 Å². The third-order valence-electron chi connectivity index (χ3n) is 3.23. The Morgan fingerprint density at radius 2 is 2.00 bits per heavy atom. The van der Waals surface area contributed by atoms with Gasteiger partial charge in [-0.2, -0.15) is 11.8 Å². The van der Waals surface area contributed by atoms with Crippen molar-refractivity contribution in [1.82, 2.24) is 5.32 Å². The van der Waals surface area contributed by atoms with Crippen molar-refractivity contribution < 1.29 is 4.79 Å². The number of hydrogen-bond donors (Lipinski definition) is 2. The van der Waals surface area contributed by atoms with Crippen LogP contribution < -0.4 is 11.1 Å². The third-order valence-corrected chi connectivity index (χ3v) is 4.37. The van der Waals surface area contributed by atoms with Gasteiger partial charge in [0, 0.05) is 17.7 Å². The minimum atomic E-state index is 0.209. The van der Waals surface area contributed by atoms with Crippen LogP contribution in [0.1, 0.15) is 44.9 Å². The molecular weight excluding hydrogens is 220 g/mol. The Morgan fingerprint density at radius 1 is 1.31 bits per heavy atom. The fourth-order valence-corrected chi connectivity index (χ4v) is 2.92. The van der Waals surface area contributed by atoms with Gasteiger partial charge in [-0.3, -0.25) is 4.79 Å². The first-order valence-corrected chi connectivity index (χ1v) is 7.57. The van der Waals surface area contributed by atoms with Crippen molar-refractivity contribution in [2.45, 2.75) is 56.2 Å². The average molecular weight is 244 g/mol. The number of nitrogens with two attached hydrogens (primary N) is 1. The summed E-state index contributed by atoms with van der Waals surface area (Å²) in [4.78, 5) is 11.6. The van der Waals surface area contributed by atoms with Gasteiger partial charge in [-0.15, -0.1) is 0 Å². The lowest BCUT2D eigenvalue weighted by Gasteiger charge is -2.28. The van der Waals surface area contributed by atoms with E-state index in [1.165, 1.54) is 12.8 Å². The van der Waals surface area contributed by atoms with E-state index in [-0.39, 0.29) is 5.91 Å². The molecule has 0 aromatic heterocycles. The van der Waals surface area contributed by atoms with Crippen LogP contribution in [0.2, 0.25) is 0 Å². The standard InChI is InChI=1S/C12H24N2OS/c1-16-11-7-5-10(6-8-11)14-12(15)4-2-3-9-13/h10-11H,2-9,13H2,1H3,(H,14,15). The molecule has 0 aromatic carbocycles. The number of carbonyl (C=O) groups is 1. The van der Waals surface area contributed by atoms with Crippen LogP contribution in [-0.2, 0) is 4.79 Å². The molecule has 1 fully saturated rings. The number of hydrogen-bond acceptors (Lipinski definition) is 3. The quantitative estimate of drug-likeness (QED) is 0.702. The Labute approximate surface area is 103 Å². The van der Waals surface area contributed by atoms with Crippen LogP contribution in [0.15, 0.2) is 0 Å². The highest BCUT2D eigenvalue weighted by molar-refractivity contribution is 7.99. The van der Waals surface area contributed by atoms with Gasteiger partial charge in [0.05, 0.1) is 0 Å². The molecule has 0 aliphatic heterocycles. The number of nitrogens with one attached hydrogen (secondary N) is 1. The van der Waals surface area contributed by atoms with E-state index in [2.05, 4.69) is 11.6 Å². The summed E-state index contributed by atoms with van der Waals surface area (Å²) in [6, 6.07) is 0.425. The van der Waals surface area contributed by atoms with Crippen LogP contribution in [0, 0.1) is 0 Å². The van der Waals surface area contributed by atoms with E-state index in [9.17, 15) is 4.79 Å². The summed E-state index contributed by atoms with van der Waals surface area (Å²) in [6.45, 7) is 0.687. The van der Waals surface area contributed by atoms with E-state index in [1.54, 1.807) is 0 Å². The molecule has 16 heavy (non-hydrogen) atoms. The van der Waals surface area contributed by atoms with E-state index in [1.807, 2.05) is 11.8 Å². The van der Waals surface area contributed by atoms with Gasteiger partial charge in [0.15, 0.2) is 0 Å². The molecule has 0 aromatic rings. The van der Waals surface area contributed by atoms with Gasteiger partial charge in [0.25, 0.3) is 0 Å². The molecular formula is C12H24N2OS. The molecule has 3 nitrogen and oxygen atoms in total. The van der Waals surface area contributed by atoms with Crippen molar-refractivity contribution in [2.75, 3.05) is 12.8 Å². The summed E-state index contributed by atoms with van der Waals surface area (Å²) in [5.41, 5.74) is 5.40. The van der Waals surface area contributed by atoms with Gasteiger partial charge in [-0.1, -0.05) is 0 Å². The maximum Gasteiger partial charge on any atom is 0.220 e. The van der Waals surface area contributed by atoms with E-state index < -0.39 is 0 Å². The Hall–Kier alpha value is -0.220. The van der Waals surface area contributed by atoms with E-state index in [4.69, 9.17) is 5.73 Å². The Kier molecular flexibility index (Phi) is 6.88. The highest BCUT2D eigenvalue weighted by atomic mass is 32.2. The summed E-state index contributed by atoms with van der Waals surface area (Å²) < 4.78 is 0. The Morgan fingerprint density at radius 3 is 2.56 bits per heavy atom. The predicted molar refractivity (Wildman–Crippen MR) is 70.6 cm³/mol. The minimum Gasteiger partial charge on any atom is -0.353 e. The molecule has 0 heterocycles. The predicted octanol–water partition coefficient (Wildman–Crippen LogP) is 1.91. The van der Waals surface area contributed by atoms with Crippen LogP contribution in [0.25, 0.3) is 0 Å². The van der Waals surface area contributed by atoms with Gasteiger partial charge in [0.2, 0.25) is 5.91 Å². The molecule has 1 saturated carbocycles. The van der Waals surface area contributed by atoms with Crippen molar-refractivity contribution in [3.8, 4) is 0 Å². The summed E-state index contributed by atoms with van der Waals surface area (Å²) in [5, 5.41) is 3.94. The van der Waals surface area contributed by atoms with E-state index in [0.29, 0.717) is 19.0 Å². The summed E-state index contributed by atoms with van der Waals surface area (Å²) in [7, 11) is 0. The van der Waals surface area contributed by atoms with Crippen LogP contribution in [0.5, 0.6) is 0 Å². The van der Waals surface area contributed by atoms with Crippen LogP contribution in [-0.4, -0.2) is 30.0 Å². The average Bonchev–Trinajstić information content (AvgIpc) is 2.30. The maximum absolute atomic E-state index is 11.6. The number of amides is 1. The molecule has 1 aliphatic rings. The monoisotopic (exact) mass is 244 g/mol. The molecule has 0 bridgehead atoms. The number of carbonyl (C=O) groups excluding carboxylic acids is 1. The van der Waals surface area contributed by atoms with Gasteiger partial charge in [0.1, 0.15) is 0 Å². The first-order valence-electron chi connectivity index (χ1n) is 6.28. The lowest BCUT2D eigenvalue weighted by Crippen LogP contribution is -2.38. The number of rotatable bonds is 6. The maximum atomic E-state index is 11.6. The molecule has 0 atom stereocenters. The lowest BCUT2D eigenvalue weighted by molar-refractivity contribution is -0.122. The molecule has 1 aliphatic carbocycles. The van der Waals surface area contributed by atoms with Gasteiger partial charge >= 0.3 is 0 Å². The second-order valence-electron chi connectivity index (χ2n) is 4.52. The lowest BCUT2D eigenvalue weighted by atomic mass is 9.95. The highest BCUT2D eigenvalue weighted by Crippen LogP contribution is 2.26. The second kappa shape index (κ2) is 7.96. The molecule has 1 rings (SSSR count). The summed E-state index contributed by atoms with van der Waals surface area (Å²) in [5.74, 6) is 0.209. The summed E-state index contributed by atoms with van der Waals surface area (Å²) in [6.07, 6.45) is 9.47. The Bertz CT molecular complexity index is 203. The van der Waals surface area contributed by atoms with Crippen molar-refractivity contribution in [3.63, 3.8) is 0 Å². The molecule has 4 heteroatoms. The van der Waals surface area contributed by atoms with Crippen molar-refractivity contribution >= 4 is 17.7 Å². The SMILES string of the molecule is CSC1CCC(NC(=O)CCCCN)CC1. The third kappa shape index (κ3) is 5.21. The van der Waals surface area contributed by atoms with Crippen LogP contribution in [0.3, 0.4) is 0 Å². The minimum absolute atomic E-state index is 0.209. The first kappa shape index (κ1) is 13.8. The Balaban J connectivity index is 2.10. The number of unbranched alkanes of at least 4 members (excludes halogenated alkanes) is 1. The van der Waals surface area contributed by atoms with E-state index in [0.717, 1.165) is 30.9 Å². The molecule has 3 N–H and O–H groups in total. The summed E-state index contributed by atoms with van der Waals surface area (Å²) >= 11 is 1.96. The molecule has 94 valence electrons. The van der Waals surface area contributed by atoms with Gasteiger partial charge in [-0.05, 0) is 51.3 Å². The second-order valence-corrected chi connectivity index (χ2v) is 5.66. The van der Waals surface area contributed by atoms with Crippen molar-refractivity contribution in [3.05, 3.63) is 0 Å². The first-order chi connectivity index (χ1) is 7.76. The zero-order valence-electron chi connectivity index (χ0n) is 10.2. The molecule has 1 amide bonds. The van der Waals surface area contributed by atoms with Crippen LogP contribution in [0.4, 0.5) is 0 Å². The fraction of sp³-hybridized carbons (Fsp3) is 0.917. The zero-order chi connectivity index (χ0) is 11.8. The normalized spacial score (nSPS) is 25.4. The molecule has 0 spiro atoms. The van der Waals surface area contributed by atoms with E-state index >= 15 is 0 Å². The number of thioether (sulfide) groups is 1. The fourth-order valence-electron chi connectivity index (χ4n) is 2.17. The smallest absolute Gasteiger partial charge is 0.220 e. The van der Waals surface area contributed by atoms with Crippen LogP contribution >= 0.6 is 11.8 Å². The van der Waals surface area contributed by atoms with Gasteiger partial charge < -0.3 is 11.1 Å². The van der Waals surface area contributed by atoms with Gasteiger partial charge in [-0.25, -0.2) is 0 Å². The molecule has 0 saturated heterocycles. The molecule has 0 unspecified atom stereocenters. The highest BCUT2D eigenvalue weighted by Gasteiger charge is 2.21. The largest absolute Gasteiger partial charge is 0.353 e. The molecule has 0 radical (unpaired) electrons. The topological polar surface area (TPSA) is 55.1 Å².